The minimum absolute atomic E-state index is 0.00564. The molecule has 0 fully saturated rings. The number of hydrogen-bond acceptors (Lipinski definition) is 2. The third-order valence-electron chi connectivity index (χ3n) is 9.60. The van der Waals surface area contributed by atoms with Gasteiger partial charge in [0.1, 0.15) is 0 Å². The molecule has 3 heteroatoms. The highest BCUT2D eigenvalue weighted by Crippen LogP contribution is 2.56. The first kappa shape index (κ1) is 29.4. The van der Waals surface area contributed by atoms with Crippen molar-refractivity contribution < 1.29 is 14.0 Å². The molecular formula is C38H50NO2+. The molecule has 41 heavy (non-hydrogen) atoms. The number of unbranched alkanes of at least 4 members (excludes halogenated alkanes) is 2. The van der Waals surface area contributed by atoms with Gasteiger partial charge < -0.3 is 9.47 Å². The number of nitrogens with zero attached hydrogens (tertiary/aromatic N) is 1. The quantitative estimate of drug-likeness (QED) is 0.120. The molecule has 0 bridgehead atoms. The molecule has 3 atom stereocenters. The Kier molecular flexibility index (Phi) is 8.92. The first-order valence-corrected chi connectivity index (χ1v) is 16.1. The summed E-state index contributed by atoms with van der Waals surface area (Å²) in [6.45, 7) is 15.0. The molecule has 218 valence electrons. The van der Waals surface area contributed by atoms with E-state index in [1.165, 1.54) is 48.1 Å². The van der Waals surface area contributed by atoms with E-state index >= 15 is 0 Å². The van der Waals surface area contributed by atoms with Crippen LogP contribution in [0, 0.1) is 11.8 Å². The smallest absolute Gasteiger partial charge is 0.213 e. The number of hydrogen-bond donors (Lipinski definition) is 0. The van der Waals surface area contributed by atoms with Crippen molar-refractivity contribution in [1.82, 2.24) is 0 Å². The summed E-state index contributed by atoms with van der Waals surface area (Å²) in [5.41, 5.74) is 6.54. The summed E-state index contributed by atoms with van der Waals surface area (Å²) in [5.74, 6) is 2.67. The van der Waals surface area contributed by atoms with Gasteiger partial charge in [0.2, 0.25) is 5.69 Å². The topological polar surface area (TPSA) is 22.3 Å². The maximum absolute atomic E-state index is 6.35. The molecule has 1 aliphatic heterocycles. The highest BCUT2D eigenvalue weighted by Gasteiger charge is 2.62. The van der Waals surface area contributed by atoms with Gasteiger partial charge in [-0.25, -0.2) is 0 Å². The normalized spacial score (nSPS) is 21.3. The largest absolute Gasteiger partial charge is 0.489 e. The fourth-order valence-electron chi connectivity index (χ4n) is 7.31. The van der Waals surface area contributed by atoms with Gasteiger partial charge in [0.05, 0.1) is 24.2 Å². The molecular weight excluding hydrogens is 502 g/mol. The zero-order chi connectivity index (χ0) is 29.0. The fourth-order valence-corrected chi connectivity index (χ4v) is 7.31. The Morgan fingerprint density at radius 3 is 2.37 bits per heavy atom. The Labute approximate surface area is 248 Å². The monoisotopic (exact) mass is 552 g/mol. The summed E-state index contributed by atoms with van der Waals surface area (Å²) in [6, 6.07) is 20.3. The van der Waals surface area contributed by atoms with Crippen molar-refractivity contribution in [1.29, 1.82) is 0 Å². The summed E-state index contributed by atoms with van der Waals surface area (Å²) in [7, 11) is 0. The molecule has 1 aliphatic carbocycles. The third-order valence-corrected chi connectivity index (χ3v) is 9.60. The van der Waals surface area contributed by atoms with Crippen LogP contribution in [0.15, 0.2) is 72.9 Å². The van der Waals surface area contributed by atoms with Crippen molar-refractivity contribution in [2.24, 2.45) is 11.8 Å². The maximum Gasteiger partial charge on any atom is 0.213 e. The molecule has 2 aromatic carbocycles. The van der Waals surface area contributed by atoms with Crippen molar-refractivity contribution in [3.63, 3.8) is 0 Å². The zero-order valence-electron chi connectivity index (χ0n) is 26.2. The van der Waals surface area contributed by atoms with Gasteiger partial charge in [-0.3, -0.25) is 0 Å². The summed E-state index contributed by atoms with van der Waals surface area (Å²) in [6.07, 6.45) is 15.5. The highest BCUT2D eigenvalue weighted by atomic mass is 16.5. The lowest BCUT2D eigenvalue weighted by molar-refractivity contribution is -0.765. The molecule has 3 aromatic rings. The average molecular weight is 553 g/mol. The predicted molar refractivity (Wildman–Crippen MR) is 171 cm³/mol. The number of allylic oxidation sites excluding steroid dienone is 2. The van der Waals surface area contributed by atoms with Crippen LogP contribution in [0.3, 0.4) is 0 Å². The number of benzene rings is 2. The SMILES string of the molecule is CCCCCC(C)COc1ccc(-c2ccc3c(c2)-c2cccc[n+]2C2(CC)CC=CC32CC)cc1OCC(C)C. The molecule has 5 rings (SSSR count). The van der Waals surface area contributed by atoms with Crippen LogP contribution in [0.2, 0.25) is 0 Å². The van der Waals surface area contributed by atoms with E-state index in [9.17, 15) is 0 Å². The van der Waals surface area contributed by atoms with Gasteiger partial charge in [0, 0.05) is 25.0 Å². The van der Waals surface area contributed by atoms with E-state index in [1.807, 2.05) is 0 Å². The van der Waals surface area contributed by atoms with Crippen LogP contribution in [0.5, 0.6) is 11.5 Å². The Morgan fingerprint density at radius 2 is 1.61 bits per heavy atom. The Morgan fingerprint density at radius 1 is 0.829 bits per heavy atom. The van der Waals surface area contributed by atoms with Gasteiger partial charge in [-0.05, 0) is 65.6 Å². The number of fused-ring (bicyclic) bond motifs is 6. The van der Waals surface area contributed by atoms with Crippen molar-refractivity contribution >= 4 is 0 Å². The zero-order valence-corrected chi connectivity index (χ0v) is 26.2. The van der Waals surface area contributed by atoms with E-state index in [4.69, 9.17) is 9.47 Å². The van der Waals surface area contributed by atoms with Gasteiger partial charge >= 0.3 is 0 Å². The van der Waals surface area contributed by atoms with Gasteiger partial charge in [0.15, 0.2) is 23.2 Å². The lowest BCUT2D eigenvalue weighted by Gasteiger charge is -2.45. The van der Waals surface area contributed by atoms with E-state index in [-0.39, 0.29) is 11.0 Å². The van der Waals surface area contributed by atoms with Gasteiger partial charge in [-0.15, -0.1) is 0 Å². The summed E-state index contributed by atoms with van der Waals surface area (Å²) in [4.78, 5) is 0. The van der Waals surface area contributed by atoms with E-state index in [0.717, 1.165) is 42.9 Å². The van der Waals surface area contributed by atoms with Crippen LogP contribution in [0.25, 0.3) is 22.4 Å². The Hall–Kier alpha value is -3.07. The standard InChI is InChI=1S/C38H50NO2/c1-7-10-11-15-29(6)27-41-35-20-18-31(25-36(35)40-26-28(4)5)30-17-19-33-32(24-30)34-16-12-13-23-39(34)38(9-3)22-14-21-37(33,38)8-2/h12-14,16-21,23-25,28-29H,7-11,15,22,26-27H2,1-6H3/q+1. The summed E-state index contributed by atoms with van der Waals surface area (Å²) in [5, 5.41) is 0. The van der Waals surface area contributed by atoms with E-state index in [0.29, 0.717) is 18.4 Å². The second-order valence-corrected chi connectivity index (χ2v) is 12.8. The number of ether oxygens (including phenoxy) is 2. The Bertz CT molecular complexity index is 1370. The van der Waals surface area contributed by atoms with Gasteiger partial charge in [-0.2, -0.15) is 4.57 Å². The fraction of sp³-hybridized carbons (Fsp3) is 0.500. The average Bonchev–Trinajstić information content (AvgIpc) is 3.40. The molecule has 3 nitrogen and oxygen atoms in total. The van der Waals surface area contributed by atoms with Crippen LogP contribution in [-0.4, -0.2) is 13.2 Å². The summed E-state index contributed by atoms with van der Waals surface area (Å²) >= 11 is 0. The number of aromatic nitrogens is 1. The molecule has 2 heterocycles. The first-order valence-electron chi connectivity index (χ1n) is 16.1. The molecule has 0 N–H and O–H groups in total. The van der Waals surface area contributed by atoms with Gasteiger partial charge in [-0.1, -0.05) is 91.2 Å². The second kappa shape index (κ2) is 12.4. The third kappa shape index (κ3) is 5.33. The van der Waals surface area contributed by atoms with Crippen molar-refractivity contribution in [2.45, 2.75) is 97.4 Å². The van der Waals surface area contributed by atoms with Crippen LogP contribution in [-0.2, 0) is 11.0 Å². The molecule has 0 spiro atoms. The van der Waals surface area contributed by atoms with Crippen LogP contribution >= 0.6 is 0 Å². The summed E-state index contributed by atoms with van der Waals surface area (Å²) < 4.78 is 15.3. The van der Waals surface area contributed by atoms with Crippen LogP contribution in [0.4, 0.5) is 0 Å². The van der Waals surface area contributed by atoms with Crippen LogP contribution < -0.4 is 14.0 Å². The minimum atomic E-state index is 0.00564. The number of pyridine rings is 1. The molecule has 0 amide bonds. The molecule has 1 aromatic heterocycles. The van der Waals surface area contributed by atoms with Crippen LogP contribution in [0.1, 0.15) is 92.1 Å². The molecule has 0 saturated carbocycles. The van der Waals surface area contributed by atoms with Crippen molar-refractivity contribution in [3.05, 3.63) is 78.5 Å². The Balaban J connectivity index is 1.51. The van der Waals surface area contributed by atoms with Gasteiger partial charge in [0.25, 0.3) is 0 Å². The van der Waals surface area contributed by atoms with Crippen molar-refractivity contribution in [3.8, 4) is 33.9 Å². The van der Waals surface area contributed by atoms with E-state index in [1.54, 1.807) is 0 Å². The predicted octanol–water partition coefficient (Wildman–Crippen LogP) is 9.66. The second-order valence-electron chi connectivity index (χ2n) is 12.8. The number of rotatable bonds is 13. The maximum atomic E-state index is 6.35. The lowest BCUT2D eigenvalue weighted by atomic mass is 9.60. The lowest BCUT2D eigenvalue weighted by Crippen LogP contribution is -2.67. The van der Waals surface area contributed by atoms with Crippen molar-refractivity contribution in [2.75, 3.05) is 13.2 Å². The molecule has 0 saturated heterocycles. The highest BCUT2D eigenvalue weighted by molar-refractivity contribution is 5.77. The van der Waals surface area contributed by atoms with E-state index in [2.05, 4.69) is 119 Å². The minimum Gasteiger partial charge on any atom is -0.489 e. The first-order chi connectivity index (χ1) is 19.9. The molecule has 3 unspecified atom stereocenters. The van der Waals surface area contributed by atoms with E-state index < -0.39 is 0 Å². The molecule has 2 aliphatic rings. The molecule has 0 radical (unpaired) electrons.